The van der Waals surface area contributed by atoms with Gasteiger partial charge in [-0.15, -0.1) is 5.10 Å². The molecule has 2 aromatic heterocycles. The normalized spacial score (nSPS) is 17.8. The number of carboxylic acid groups (broad SMARTS) is 1. The molecule has 7 heteroatoms. The van der Waals surface area contributed by atoms with Crippen molar-refractivity contribution in [3.8, 4) is 0 Å². The first-order chi connectivity index (χ1) is 11.1. The summed E-state index contributed by atoms with van der Waals surface area (Å²) in [6.45, 7) is 1.76. The fraction of sp³-hybridized carbons (Fsp3) is 0.375. The second kappa shape index (κ2) is 6.60. The highest BCUT2D eigenvalue weighted by atomic mass is 16.4. The highest BCUT2D eigenvalue weighted by molar-refractivity contribution is 5.85. The van der Waals surface area contributed by atoms with E-state index in [4.69, 9.17) is 5.11 Å². The molecule has 0 amide bonds. The van der Waals surface area contributed by atoms with Crippen molar-refractivity contribution in [3.05, 3.63) is 42.2 Å². The maximum Gasteiger partial charge on any atom is 0.354 e. The minimum absolute atomic E-state index is 0.0657. The van der Waals surface area contributed by atoms with E-state index in [-0.39, 0.29) is 11.7 Å². The lowest BCUT2D eigenvalue weighted by Crippen LogP contribution is -2.47. The minimum Gasteiger partial charge on any atom is -0.477 e. The van der Waals surface area contributed by atoms with Gasteiger partial charge >= 0.3 is 5.97 Å². The maximum absolute atomic E-state index is 11.1. The summed E-state index contributed by atoms with van der Waals surface area (Å²) in [5.41, 5.74) is 0.0657. The molecule has 1 atom stereocenters. The molecule has 1 unspecified atom stereocenters. The van der Waals surface area contributed by atoms with Gasteiger partial charge in [0.2, 0.25) is 0 Å². The van der Waals surface area contributed by atoms with Crippen molar-refractivity contribution in [2.24, 2.45) is 0 Å². The van der Waals surface area contributed by atoms with E-state index < -0.39 is 5.97 Å². The lowest BCUT2D eigenvalue weighted by Gasteiger charge is -2.38. The molecule has 1 aliphatic rings. The highest BCUT2D eigenvalue weighted by Gasteiger charge is 2.25. The Balaban J connectivity index is 1.75. The number of piperidine rings is 1. The van der Waals surface area contributed by atoms with Crippen LogP contribution in [0, 0.1) is 0 Å². The first-order valence-electron chi connectivity index (χ1n) is 7.61. The maximum atomic E-state index is 11.1. The summed E-state index contributed by atoms with van der Waals surface area (Å²) in [5, 5.41) is 17.2. The largest absolute Gasteiger partial charge is 0.477 e. The number of anilines is 2. The van der Waals surface area contributed by atoms with E-state index in [9.17, 15) is 4.79 Å². The number of carbonyl (C=O) groups is 1. The number of aromatic nitrogens is 3. The van der Waals surface area contributed by atoms with E-state index in [1.807, 2.05) is 25.2 Å². The van der Waals surface area contributed by atoms with E-state index in [2.05, 4.69) is 25.0 Å². The van der Waals surface area contributed by atoms with Gasteiger partial charge in [-0.05, 0) is 37.1 Å². The van der Waals surface area contributed by atoms with Gasteiger partial charge in [0.05, 0.1) is 0 Å². The molecular formula is C16H19N5O2. The summed E-state index contributed by atoms with van der Waals surface area (Å²) in [5.74, 6) is 0.541. The molecule has 0 spiro atoms. The van der Waals surface area contributed by atoms with Gasteiger partial charge in [0, 0.05) is 32.4 Å². The second-order valence-electron chi connectivity index (χ2n) is 5.62. The molecule has 1 saturated heterocycles. The minimum atomic E-state index is -1.01. The van der Waals surface area contributed by atoms with Gasteiger partial charge in [-0.25, -0.2) is 9.78 Å². The van der Waals surface area contributed by atoms with Crippen LogP contribution < -0.4 is 9.80 Å². The number of hydrogen-bond donors (Lipinski definition) is 1. The number of nitrogens with zero attached hydrogens (tertiary/aromatic N) is 5. The van der Waals surface area contributed by atoms with Gasteiger partial charge < -0.3 is 14.9 Å². The molecule has 0 aliphatic carbocycles. The van der Waals surface area contributed by atoms with E-state index in [1.165, 1.54) is 6.07 Å². The summed E-state index contributed by atoms with van der Waals surface area (Å²) >= 11 is 0. The average Bonchev–Trinajstić information content (AvgIpc) is 2.62. The molecule has 0 saturated carbocycles. The molecule has 3 heterocycles. The standard InChI is InChI=1S/C16H19N5O2/c1-20(14-7-2-6-13(18-14)16(22)23)12-5-4-10-21(11-12)15-8-3-9-17-19-15/h2-3,6-9,12H,4-5,10-11H2,1H3,(H,22,23). The van der Waals surface area contributed by atoms with Crippen LogP contribution in [-0.2, 0) is 0 Å². The van der Waals surface area contributed by atoms with Gasteiger partial charge in [-0.1, -0.05) is 6.07 Å². The Kier molecular flexibility index (Phi) is 4.36. The highest BCUT2D eigenvalue weighted by Crippen LogP contribution is 2.23. The number of hydrogen-bond acceptors (Lipinski definition) is 6. The van der Waals surface area contributed by atoms with Crippen LogP contribution in [0.5, 0.6) is 0 Å². The lowest BCUT2D eigenvalue weighted by molar-refractivity contribution is 0.0690. The average molecular weight is 313 g/mol. The molecule has 1 aliphatic heterocycles. The van der Waals surface area contributed by atoms with Crippen molar-refractivity contribution >= 4 is 17.6 Å². The van der Waals surface area contributed by atoms with Crippen LogP contribution in [0.3, 0.4) is 0 Å². The predicted octanol–water partition coefficient (Wildman–Crippen LogP) is 1.67. The fourth-order valence-electron chi connectivity index (χ4n) is 2.87. The molecule has 23 heavy (non-hydrogen) atoms. The Morgan fingerprint density at radius 3 is 2.96 bits per heavy atom. The molecule has 120 valence electrons. The summed E-state index contributed by atoms with van der Waals surface area (Å²) < 4.78 is 0. The molecule has 0 aromatic carbocycles. The van der Waals surface area contributed by atoms with Crippen molar-refractivity contribution in [3.63, 3.8) is 0 Å². The monoisotopic (exact) mass is 313 g/mol. The van der Waals surface area contributed by atoms with Crippen molar-refractivity contribution < 1.29 is 9.90 Å². The van der Waals surface area contributed by atoms with E-state index in [0.717, 1.165) is 31.7 Å². The quantitative estimate of drug-likeness (QED) is 0.919. The summed E-state index contributed by atoms with van der Waals surface area (Å²) in [7, 11) is 1.96. The van der Waals surface area contributed by atoms with E-state index >= 15 is 0 Å². The van der Waals surface area contributed by atoms with Crippen molar-refractivity contribution in [2.45, 2.75) is 18.9 Å². The number of likely N-dealkylation sites (N-methyl/N-ethyl adjacent to an activating group) is 1. The summed E-state index contributed by atoms with van der Waals surface area (Å²) in [4.78, 5) is 19.6. The Morgan fingerprint density at radius 2 is 2.22 bits per heavy atom. The van der Waals surface area contributed by atoms with Gasteiger partial charge in [-0.3, -0.25) is 0 Å². The van der Waals surface area contributed by atoms with Crippen LogP contribution in [-0.4, -0.2) is 52.4 Å². The summed E-state index contributed by atoms with van der Waals surface area (Å²) in [6.07, 6.45) is 3.74. The Hall–Kier alpha value is -2.70. The Bertz CT molecular complexity index is 679. The van der Waals surface area contributed by atoms with Crippen LogP contribution in [0.25, 0.3) is 0 Å². The smallest absolute Gasteiger partial charge is 0.354 e. The predicted molar refractivity (Wildman–Crippen MR) is 86.9 cm³/mol. The van der Waals surface area contributed by atoms with Crippen molar-refractivity contribution in [2.75, 3.05) is 29.9 Å². The van der Waals surface area contributed by atoms with Crippen LogP contribution in [0.1, 0.15) is 23.3 Å². The van der Waals surface area contributed by atoms with Gasteiger partial charge in [0.15, 0.2) is 11.5 Å². The molecule has 3 rings (SSSR count). The third-order valence-corrected chi connectivity index (χ3v) is 4.14. The van der Waals surface area contributed by atoms with Gasteiger partial charge in [0.25, 0.3) is 0 Å². The van der Waals surface area contributed by atoms with Crippen LogP contribution >= 0.6 is 0 Å². The Labute approximate surface area is 134 Å². The van der Waals surface area contributed by atoms with Crippen LogP contribution in [0.15, 0.2) is 36.5 Å². The van der Waals surface area contributed by atoms with Gasteiger partial charge in [-0.2, -0.15) is 5.10 Å². The van der Waals surface area contributed by atoms with E-state index in [1.54, 1.807) is 12.3 Å². The van der Waals surface area contributed by atoms with Crippen molar-refractivity contribution in [1.82, 2.24) is 15.2 Å². The number of carboxylic acids is 1. The van der Waals surface area contributed by atoms with Crippen LogP contribution in [0.4, 0.5) is 11.6 Å². The molecule has 0 radical (unpaired) electrons. The van der Waals surface area contributed by atoms with E-state index in [0.29, 0.717) is 5.82 Å². The zero-order chi connectivity index (χ0) is 16.2. The zero-order valence-corrected chi connectivity index (χ0v) is 13.0. The molecule has 2 aromatic rings. The molecule has 1 N–H and O–H groups in total. The topological polar surface area (TPSA) is 82.5 Å². The number of pyridine rings is 1. The van der Waals surface area contributed by atoms with Crippen LogP contribution in [0.2, 0.25) is 0 Å². The fourth-order valence-corrected chi connectivity index (χ4v) is 2.87. The Morgan fingerprint density at radius 1 is 1.35 bits per heavy atom. The SMILES string of the molecule is CN(c1cccc(C(=O)O)n1)C1CCCN(c2cccnn2)C1. The number of aromatic carboxylic acids is 1. The third kappa shape index (κ3) is 3.39. The molecule has 0 bridgehead atoms. The molecular weight excluding hydrogens is 294 g/mol. The third-order valence-electron chi connectivity index (χ3n) is 4.14. The number of rotatable bonds is 4. The summed E-state index contributed by atoms with van der Waals surface area (Å²) in [6, 6.07) is 9.17. The second-order valence-corrected chi connectivity index (χ2v) is 5.62. The lowest BCUT2D eigenvalue weighted by atomic mass is 10.0. The van der Waals surface area contributed by atoms with Crippen molar-refractivity contribution in [1.29, 1.82) is 0 Å². The molecule has 1 fully saturated rings. The molecule has 7 nitrogen and oxygen atoms in total. The first kappa shape index (κ1) is 15.2. The van der Waals surface area contributed by atoms with Gasteiger partial charge in [0.1, 0.15) is 5.82 Å². The zero-order valence-electron chi connectivity index (χ0n) is 13.0. The first-order valence-corrected chi connectivity index (χ1v) is 7.61.